The molecule has 1 aliphatic rings. The van der Waals surface area contributed by atoms with Crippen molar-refractivity contribution in [3.63, 3.8) is 0 Å². The van der Waals surface area contributed by atoms with E-state index in [9.17, 15) is 4.21 Å². The lowest BCUT2D eigenvalue weighted by Gasteiger charge is -2.18. The summed E-state index contributed by atoms with van der Waals surface area (Å²) in [6, 6.07) is 6.46. The molecule has 0 spiro atoms. The van der Waals surface area contributed by atoms with Crippen molar-refractivity contribution in [2.45, 2.75) is 37.1 Å². The van der Waals surface area contributed by atoms with Crippen molar-refractivity contribution >= 4 is 26.7 Å². The van der Waals surface area contributed by atoms with Crippen molar-refractivity contribution in [3.05, 3.63) is 28.2 Å². The molecule has 0 aliphatic carbocycles. The van der Waals surface area contributed by atoms with Crippen LogP contribution >= 0.6 is 15.9 Å². The van der Waals surface area contributed by atoms with Gasteiger partial charge < -0.3 is 5.32 Å². The van der Waals surface area contributed by atoms with Crippen LogP contribution in [0.2, 0.25) is 0 Å². The van der Waals surface area contributed by atoms with Crippen LogP contribution in [0.15, 0.2) is 27.6 Å². The van der Waals surface area contributed by atoms with Gasteiger partial charge in [-0.25, -0.2) is 0 Å². The summed E-state index contributed by atoms with van der Waals surface area (Å²) in [5, 5.41) is 3.56. The summed E-state index contributed by atoms with van der Waals surface area (Å²) < 4.78 is 13.2. The number of rotatable bonds is 3. The quantitative estimate of drug-likeness (QED) is 0.926. The summed E-state index contributed by atoms with van der Waals surface area (Å²) in [6.07, 6.45) is 3.23. The molecule has 17 heavy (non-hydrogen) atoms. The number of hydrogen-bond donors (Lipinski definition) is 1. The smallest absolute Gasteiger partial charge is 0.0532 e. The minimum absolute atomic E-state index is 0.355. The minimum Gasteiger partial charge on any atom is -0.310 e. The Morgan fingerprint density at radius 1 is 1.53 bits per heavy atom. The van der Waals surface area contributed by atoms with Gasteiger partial charge in [0.15, 0.2) is 0 Å². The fourth-order valence-electron chi connectivity index (χ4n) is 2.21. The Labute approximate surface area is 114 Å². The summed E-state index contributed by atoms with van der Waals surface area (Å²) >= 11 is 3.50. The molecule has 1 aromatic carbocycles. The predicted octanol–water partition coefficient (Wildman–Crippen LogP) is 3.39. The van der Waals surface area contributed by atoms with E-state index in [4.69, 9.17) is 0 Å². The molecule has 2 rings (SSSR count). The van der Waals surface area contributed by atoms with E-state index in [0.717, 1.165) is 40.9 Å². The zero-order valence-corrected chi connectivity index (χ0v) is 12.4. The summed E-state index contributed by atoms with van der Waals surface area (Å²) in [5.41, 5.74) is 1.21. The topological polar surface area (TPSA) is 29.1 Å². The second-order valence-corrected chi connectivity index (χ2v) is 6.84. The highest BCUT2D eigenvalue weighted by atomic mass is 79.9. The van der Waals surface area contributed by atoms with Crippen LogP contribution in [-0.2, 0) is 10.8 Å². The highest BCUT2D eigenvalue weighted by Crippen LogP contribution is 2.31. The van der Waals surface area contributed by atoms with Gasteiger partial charge in [-0.1, -0.05) is 22.9 Å². The van der Waals surface area contributed by atoms with E-state index in [1.54, 1.807) is 0 Å². The predicted molar refractivity (Wildman–Crippen MR) is 75.7 cm³/mol. The van der Waals surface area contributed by atoms with Gasteiger partial charge in [0.05, 0.1) is 10.8 Å². The van der Waals surface area contributed by atoms with Crippen molar-refractivity contribution in [2.24, 2.45) is 0 Å². The molecule has 2 unspecified atom stereocenters. The van der Waals surface area contributed by atoms with E-state index >= 15 is 0 Å². The molecule has 1 aromatic rings. The zero-order chi connectivity index (χ0) is 12.3. The normalized spacial score (nSPS) is 24.1. The Bertz CT molecular complexity index is 422. The van der Waals surface area contributed by atoms with Gasteiger partial charge in [0.2, 0.25) is 0 Å². The summed E-state index contributed by atoms with van der Waals surface area (Å²) in [5.74, 6) is 0.791. The molecule has 2 nitrogen and oxygen atoms in total. The van der Waals surface area contributed by atoms with Gasteiger partial charge in [-0.3, -0.25) is 4.21 Å². The Balaban J connectivity index is 2.34. The number of benzene rings is 1. The average molecular weight is 316 g/mol. The summed E-state index contributed by atoms with van der Waals surface area (Å²) in [6.45, 7) is 3.19. The molecule has 0 saturated carbocycles. The number of hydrogen-bond acceptors (Lipinski definition) is 2. The van der Waals surface area contributed by atoms with Gasteiger partial charge in [0.1, 0.15) is 0 Å². The van der Waals surface area contributed by atoms with Gasteiger partial charge >= 0.3 is 0 Å². The lowest BCUT2D eigenvalue weighted by Crippen LogP contribution is -2.22. The van der Waals surface area contributed by atoms with Crippen LogP contribution in [-0.4, -0.2) is 16.5 Å². The van der Waals surface area contributed by atoms with E-state index in [1.807, 2.05) is 12.1 Å². The SMILES string of the molecule is CCCNC1CCCS(=O)c2ccc(Br)cc21. The van der Waals surface area contributed by atoms with E-state index in [1.165, 1.54) is 5.56 Å². The maximum absolute atomic E-state index is 12.1. The lowest BCUT2D eigenvalue weighted by molar-refractivity contribution is 0.493. The van der Waals surface area contributed by atoms with Crippen LogP contribution < -0.4 is 5.32 Å². The molecule has 1 aliphatic heterocycles. The molecule has 0 saturated heterocycles. The van der Waals surface area contributed by atoms with Crippen molar-refractivity contribution in [1.29, 1.82) is 0 Å². The van der Waals surface area contributed by atoms with Crippen molar-refractivity contribution in [3.8, 4) is 0 Å². The summed E-state index contributed by atoms with van der Waals surface area (Å²) in [7, 11) is -0.828. The molecule has 0 fully saturated rings. The standard InChI is InChI=1S/C13H18BrNOS/c1-2-7-15-12-4-3-8-17(16)13-6-5-10(14)9-11(12)13/h5-6,9,12,15H,2-4,7-8H2,1H3. The van der Waals surface area contributed by atoms with Gasteiger partial charge in [-0.2, -0.15) is 0 Å². The Morgan fingerprint density at radius 2 is 2.35 bits per heavy atom. The molecular formula is C13H18BrNOS. The van der Waals surface area contributed by atoms with Crippen LogP contribution in [0.1, 0.15) is 37.8 Å². The first-order valence-electron chi connectivity index (χ1n) is 6.13. The second kappa shape index (κ2) is 6.12. The molecule has 94 valence electrons. The van der Waals surface area contributed by atoms with Gasteiger partial charge in [-0.05, 0) is 49.6 Å². The third kappa shape index (κ3) is 3.18. The average Bonchev–Trinajstić information content (AvgIpc) is 2.46. The molecule has 0 amide bonds. The van der Waals surface area contributed by atoms with Gasteiger partial charge in [0.25, 0.3) is 0 Å². The fourth-order valence-corrected chi connectivity index (χ4v) is 3.93. The molecule has 4 heteroatoms. The van der Waals surface area contributed by atoms with Crippen LogP contribution in [0.3, 0.4) is 0 Å². The zero-order valence-electron chi connectivity index (χ0n) is 10.0. The van der Waals surface area contributed by atoms with E-state index < -0.39 is 10.8 Å². The lowest BCUT2D eigenvalue weighted by atomic mass is 10.0. The number of nitrogens with one attached hydrogen (secondary N) is 1. The van der Waals surface area contributed by atoms with Crippen LogP contribution in [0.25, 0.3) is 0 Å². The Kier molecular flexibility index (Phi) is 4.77. The molecule has 2 atom stereocenters. The third-order valence-corrected chi connectivity index (χ3v) is 5.07. The molecular weight excluding hydrogens is 298 g/mol. The van der Waals surface area contributed by atoms with Crippen LogP contribution in [0.4, 0.5) is 0 Å². The third-order valence-electron chi connectivity index (χ3n) is 3.06. The van der Waals surface area contributed by atoms with E-state index in [-0.39, 0.29) is 0 Å². The number of fused-ring (bicyclic) bond motifs is 1. The monoisotopic (exact) mass is 315 g/mol. The molecule has 1 N–H and O–H groups in total. The van der Waals surface area contributed by atoms with Crippen LogP contribution in [0.5, 0.6) is 0 Å². The Hall–Kier alpha value is -0.190. The molecule has 0 radical (unpaired) electrons. The first kappa shape index (κ1) is 13.2. The highest BCUT2D eigenvalue weighted by molar-refractivity contribution is 9.10. The maximum atomic E-state index is 12.1. The van der Waals surface area contributed by atoms with Gasteiger partial charge in [-0.15, -0.1) is 0 Å². The van der Waals surface area contributed by atoms with Crippen molar-refractivity contribution < 1.29 is 4.21 Å². The minimum atomic E-state index is -0.828. The largest absolute Gasteiger partial charge is 0.310 e. The highest BCUT2D eigenvalue weighted by Gasteiger charge is 2.22. The first-order chi connectivity index (χ1) is 8.22. The molecule has 1 heterocycles. The maximum Gasteiger partial charge on any atom is 0.0532 e. The fraction of sp³-hybridized carbons (Fsp3) is 0.538. The van der Waals surface area contributed by atoms with E-state index in [0.29, 0.717) is 6.04 Å². The van der Waals surface area contributed by atoms with Crippen molar-refractivity contribution in [1.82, 2.24) is 5.32 Å². The Morgan fingerprint density at radius 3 is 3.12 bits per heavy atom. The number of halogens is 1. The second-order valence-electron chi connectivity index (χ2n) is 4.38. The van der Waals surface area contributed by atoms with Gasteiger partial charge in [0, 0.05) is 21.2 Å². The summed E-state index contributed by atoms with van der Waals surface area (Å²) in [4.78, 5) is 1.01. The molecule has 0 bridgehead atoms. The first-order valence-corrected chi connectivity index (χ1v) is 8.24. The van der Waals surface area contributed by atoms with E-state index in [2.05, 4.69) is 34.2 Å². The molecule has 0 aromatic heterocycles. The van der Waals surface area contributed by atoms with Crippen molar-refractivity contribution in [2.75, 3.05) is 12.3 Å². The van der Waals surface area contributed by atoms with Crippen LogP contribution in [0, 0.1) is 0 Å².